The highest BCUT2D eigenvalue weighted by atomic mass is 16.1. The van der Waals surface area contributed by atoms with Crippen molar-refractivity contribution in [1.82, 2.24) is 5.32 Å². The monoisotopic (exact) mass is 181 g/mol. The number of hydrogen-bond donors (Lipinski definition) is 2. The first-order chi connectivity index (χ1) is 6.24. The number of carbonyl (C=O) groups excluding carboxylic acids is 1. The van der Waals surface area contributed by atoms with E-state index in [2.05, 4.69) is 5.32 Å². The Hall–Kier alpha value is -1.08. The Kier molecular flexibility index (Phi) is 3.71. The quantitative estimate of drug-likeness (QED) is 0.595. The van der Waals surface area contributed by atoms with Gasteiger partial charge in [-0.25, -0.2) is 0 Å². The first-order valence-corrected chi connectivity index (χ1v) is 4.64. The van der Waals surface area contributed by atoms with E-state index in [4.69, 9.17) is 11.0 Å². The zero-order valence-electron chi connectivity index (χ0n) is 7.62. The summed E-state index contributed by atoms with van der Waals surface area (Å²) in [5, 5.41) is 10.8. The van der Waals surface area contributed by atoms with Gasteiger partial charge in [-0.15, -0.1) is 0 Å². The molecule has 72 valence electrons. The Morgan fingerprint density at radius 1 is 1.46 bits per heavy atom. The largest absolute Gasteiger partial charge is 0.343 e. The van der Waals surface area contributed by atoms with Gasteiger partial charge in [-0.2, -0.15) is 5.26 Å². The first kappa shape index (κ1) is 10.0. The summed E-state index contributed by atoms with van der Waals surface area (Å²) < 4.78 is 0. The Balaban J connectivity index is 2.28. The van der Waals surface area contributed by atoms with E-state index in [9.17, 15) is 4.79 Å². The topological polar surface area (TPSA) is 78.9 Å². The van der Waals surface area contributed by atoms with Crippen molar-refractivity contribution in [2.75, 3.05) is 6.54 Å². The molecular weight excluding hydrogens is 166 g/mol. The average molecular weight is 181 g/mol. The fraction of sp³-hybridized carbons (Fsp3) is 0.778. The Morgan fingerprint density at radius 2 is 2.08 bits per heavy atom. The maximum atomic E-state index is 11.4. The molecule has 0 aromatic carbocycles. The molecule has 1 rings (SSSR count). The number of hydrogen-bond acceptors (Lipinski definition) is 3. The third-order valence-corrected chi connectivity index (χ3v) is 2.48. The van der Waals surface area contributed by atoms with Gasteiger partial charge in [0.2, 0.25) is 5.91 Å². The molecule has 13 heavy (non-hydrogen) atoms. The summed E-state index contributed by atoms with van der Waals surface area (Å²) in [5.74, 6) is 0.0848. The zero-order valence-corrected chi connectivity index (χ0v) is 7.62. The van der Waals surface area contributed by atoms with Gasteiger partial charge >= 0.3 is 0 Å². The van der Waals surface area contributed by atoms with Crippen LogP contribution in [0.4, 0.5) is 0 Å². The lowest BCUT2D eigenvalue weighted by molar-refractivity contribution is -0.125. The summed E-state index contributed by atoms with van der Waals surface area (Å²) in [4.78, 5) is 11.4. The van der Waals surface area contributed by atoms with Crippen molar-refractivity contribution in [3.05, 3.63) is 0 Å². The van der Waals surface area contributed by atoms with Gasteiger partial charge in [0.25, 0.3) is 0 Å². The van der Waals surface area contributed by atoms with Crippen LogP contribution in [-0.4, -0.2) is 18.5 Å². The van der Waals surface area contributed by atoms with Gasteiger partial charge in [-0.3, -0.25) is 4.79 Å². The lowest BCUT2D eigenvalue weighted by atomic mass is 9.86. The molecule has 0 aromatic heterocycles. The molecule has 4 heteroatoms. The van der Waals surface area contributed by atoms with Crippen LogP contribution in [0, 0.1) is 17.2 Å². The van der Waals surface area contributed by atoms with Crippen LogP contribution in [0.3, 0.4) is 0 Å². The van der Waals surface area contributed by atoms with E-state index in [1.165, 1.54) is 0 Å². The lowest BCUT2D eigenvalue weighted by Gasteiger charge is -2.24. The number of nitrogens with one attached hydrogen (secondary N) is 1. The second-order valence-corrected chi connectivity index (χ2v) is 3.49. The Labute approximate surface area is 78.1 Å². The SMILES string of the molecule is N#CCNC(=O)C1CCC(N)CC1. The number of nitrogens with zero attached hydrogens (tertiary/aromatic N) is 1. The Morgan fingerprint density at radius 3 is 2.62 bits per heavy atom. The molecule has 4 nitrogen and oxygen atoms in total. The normalized spacial score (nSPS) is 27.7. The van der Waals surface area contributed by atoms with Crippen LogP contribution in [0.5, 0.6) is 0 Å². The fourth-order valence-electron chi connectivity index (χ4n) is 1.65. The third-order valence-electron chi connectivity index (χ3n) is 2.48. The first-order valence-electron chi connectivity index (χ1n) is 4.64. The molecule has 1 aliphatic carbocycles. The third kappa shape index (κ3) is 3.03. The van der Waals surface area contributed by atoms with E-state index in [-0.39, 0.29) is 24.4 Å². The minimum absolute atomic E-state index is 0.00782. The maximum absolute atomic E-state index is 11.4. The van der Waals surface area contributed by atoms with Crippen molar-refractivity contribution >= 4 is 5.91 Å². The highest BCUT2D eigenvalue weighted by Gasteiger charge is 2.23. The number of rotatable bonds is 2. The minimum Gasteiger partial charge on any atom is -0.343 e. The van der Waals surface area contributed by atoms with E-state index in [0.717, 1.165) is 25.7 Å². The minimum atomic E-state index is 0.00782. The van der Waals surface area contributed by atoms with E-state index < -0.39 is 0 Å². The van der Waals surface area contributed by atoms with Crippen molar-refractivity contribution in [1.29, 1.82) is 5.26 Å². The van der Waals surface area contributed by atoms with Crippen molar-refractivity contribution in [3.63, 3.8) is 0 Å². The molecule has 1 fully saturated rings. The van der Waals surface area contributed by atoms with Crippen molar-refractivity contribution in [3.8, 4) is 6.07 Å². The van der Waals surface area contributed by atoms with Crippen LogP contribution in [0.15, 0.2) is 0 Å². The number of nitrogens with two attached hydrogens (primary N) is 1. The smallest absolute Gasteiger partial charge is 0.223 e. The van der Waals surface area contributed by atoms with Crippen molar-refractivity contribution in [2.45, 2.75) is 31.7 Å². The van der Waals surface area contributed by atoms with Crippen LogP contribution in [0.1, 0.15) is 25.7 Å². The standard InChI is InChI=1S/C9H15N3O/c10-5-6-12-9(13)7-1-3-8(11)4-2-7/h7-8H,1-4,6,11H2,(H,12,13). The van der Waals surface area contributed by atoms with E-state index in [0.29, 0.717) is 0 Å². The van der Waals surface area contributed by atoms with Gasteiger partial charge in [0.1, 0.15) is 6.54 Å². The average Bonchev–Trinajstić information content (AvgIpc) is 2.15. The molecule has 0 aliphatic heterocycles. The molecule has 0 bridgehead atoms. The molecule has 0 aromatic rings. The summed E-state index contributed by atoms with van der Waals surface area (Å²) in [6.45, 7) is 0.112. The molecular formula is C9H15N3O. The summed E-state index contributed by atoms with van der Waals surface area (Å²) in [6.07, 6.45) is 3.56. The van der Waals surface area contributed by atoms with E-state index >= 15 is 0 Å². The summed E-state index contributed by atoms with van der Waals surface area (Å²) >= 11 is 0. The molecule has 0 saturated heterocycles. The van der Waals surface area contributed by atoms with Gasteiger partial charge in [0.05, 0.1) is 6.07 Å². The molecule has 0 radical (unpaired) electrons. The number of nitriles is 1. The molecule has 1 aliphatic rings. The molecule has 1 amide bonds. The van der Waals surface area contributed by atoms with E-state index in [1.807, 2.05) is 6.07 Å². The van der Waals surface area contributed by atoms with Gasteiger partial charge in [-0.1, -0.05) is 0 Å². The van der Waals surface area contributed by atoms with Gasteiger partial charge < -0.3 is 11.1 Å². The highest BCUT2D eigenvalue weighted by Crippen LogP contribution is 2.22. The molecule has 0 heterocycles. The predicted octanol–water partition coefficient (Wildman–Crippen LogP) is 0.144. The second kappa shape index (κ2) is 4.83. The van der Waals surface area contributed by atoms with Crippen LogP contribution >= 0.6 is 0 Å². The maximum Gasteiger partial charge on any atom is 0.223 e. The highest BCUT2D eigenvalue weighted by molar-refractivity contribution is 5.78. The fourth-order valence-corrected chi connectivity index (χ4v) is 1.65. The molecule has 0 spiro atoms. The molecule has 1 saturated carbocycles. The summed E-state index contributed by atoms with van der Waals surface area (Å²) in [6, 6.07) is 2.15. The van der Waals surface area contributed by atoms with Gasteiger partial charge in [0.15, 0.2) is 0 Å². The number of carbonyl (C=O) groups is 1. The van der Waals surface area contributed by atoms with Crippen LogP contribution in [-0.2, 0) is 4.79 Å². The van der Waals surface area contributed by atoms with Gasteiger partial charge in [0, 0.05) is 12.0 Å². The predicted molar refractivity (Wildman–Crippen MR) is 48.6 cm³/mol. The second-order valence-electron chi connectivity index (χ2n) is 3.49. The summed E-state index contributed by atoms with van der Waals surface area (Å²) in [5.41, 5.74) is 5.71. The molecule has 3 N–H and O–H groups in total. The van der Waals surface area contributed by atoms with Gasteiger partial charge in [-0.05, 0) is 25.7 Å². The van der Waals surface area contributed by atoms with Crippen molar-refractivity contribution in [2.24, 2.45) is 11.7 Å². The van der Waals surface area contributed by atoms with Crippen LogP contribution in [0.25, 0.3) is 0 Å². The van der Waals surface area contributed by atoms with Crippen LogP contribution < -0.4 is 11.1 Å². The lowest BCUT2D eigenvalue weighted by Crippen LogP contribution is -2.36. The van der Waals surface area contributed by atoms with E-state index in [1.54, 1.807) is 0 Å². The Bertz CT molecular complexity index is 213. The zero-order chi connectivity index (χ0) is 9.68. The van der Waals surface area contributed by atoms with Crippen molar-refractivity contribution < 1.29 is 4.79 Å². The number of amides is 1. The molecule has 0 unspecified atom stereocenters. The molecule has 0 atom stereocenters. The van der Waals surface area contributed by atoms with Crippen LogP contribution in [0.2, 0.25) is 0 Å². The summed E-state index contributed by atoms with van der Waals surface area (Å²) in [7, 11) is 0.